The maximum absolute atomic E-state index is 11.6. The molecule has 0 unspecified atom stereocenters. The Bertz CT molecular complexity index is 2510. The van der Waals surface area contributed by atoms with Gasteiger partial charge in [0.15, 0.2) is 12.4 Å². The molecular formula is C12H15K9O38S9. The van der Waals surface area contributed by atoms with Crippen molar-refractivity contribution in [3.8, 4) is 0 Å². The first-order chi connectivity index (χ1) is 25.8. The van der Waals surface area contributed by atoms with Crippen molar-refractivity contribution in [1.29, 1.82) is 0 Å². The van der Waals surface area contributed by atoms with Gasteiger partial charge in [-0.2, -0.15) is 0 Å². The number of ether oxygens (including phenoxy) is 2. The summed E-state index contributed by atoms with van der Waals surface area (Å²) in [6.45, 7) is -7.11. The van der Waals surface area contributed by atoms with Gasteiger partial charge in [0.1, 0.15) is 42.7 Å². The van der Waals surface area contributed by atoms with E-state index in [0.717, 1.165) is 0 Å². The third-order valence-electron chi connectivity index (χ3n) is 5.45. The van der Waals surface area contributed by atoms with Gasteiger partial charge in [0.25, 0.3) is 0 Å². The van der Waals surface area contributed by atoms with Gasteiger partial charge in [-0.05, 0) is 0 Å². The maximum Gasteiger partial charge on any atom is 1.00 e. The molecule has 0 aromatic rings. The summed E-state index contributed by atoms with van der Waals surface area (Å²) in [5, 5.41) is 0. The first-order valence-corrected chi connectivity index (χ1v) is 24.8. The second kappa shape index (κ2) is 43.2. The zero-order chi connectivity index (χ0) is 46.6. The minimum Gasteiger partial charge on any atom is -0.726 e. The van der Waals surface area contributed by atoms with Crippen LogP contribution in [-0.2, 0) is 141 Å². The van der Waals surface area contributed by atoms with Gasteiger partial charge < -0.3 is 50.4 Å². The van der Waals surface area contributed by atoms with Crippen LogP contribution >= 0.6 is 0 Å². The largest absolute Gasteiger partial charge is 1.00 e. The predicted molar refractivity (Wildman–Crippen MR) is 148 cm³/mol. The summed E-state index contributed by atoms with van der Waals surface area (Å²) >= 11 is 0. The van der Waals surface area contributed by atoms with Crippen molar-refractivity contribution in [2.75, 3.05) is 19.8 Å². The zero-order valence-corrected chi connectivity index (χ0v) is 71.0. The summed E-state index contributed by atoms with van der Waals surface area (Å²) in [5.74, 6) is 0. The summed E-state index contributed by atoms with van der Waals surface area (Å²) in [6.07, 6.45) is -32.6. The molecule has 0 spiro atoms. The maximum atomic E-state index is 11.6. The second-order valence-electron chi connectivity index (χ2n) is 9.69. The van der Waals surface area contributed by atoms with E-state index >= 15 is 0 Å². The Morgan fingerprint density at radius 1 is 0.353 bits per heavy atom. The van der Waals surface area contributed by atoms with Crippen LogP contribution in [0.1, 0.15) is 0 Å². The molecule has 0 N–H and O–H groups in total. The Kier molecular flexibility index (Phi) is 63.8. The fourth-order valence-electron chi connectivity index (χ4n) is 3.96. The first kappa shape index (κ1) is 100. The van der Waals surface area contributed by atoms with Crippen LogP contribution in [0, 0.1) is 0 Å². The van der Waals surface area contributed by atoms with Crippen LogP contribution in [0.4, 0.5) is 0 Å². The van der Waals surface area contributed by atoms with Gasteiger partial charge in [-0.25, -0.2) is 75.8 Å². The van der Waals surface area contributed by atoms with E-state index in [9.17, 15) is 117 Å². The first-order valence-electron chi connectivity index (χ1n) is 12.8. The molecule has 1 aliphatic rings. The number of hydrogen-bond acceptors (Lipinski definition) is 38. The molecule has 1 heterocycles. The van der Waals surface area contributed by atoms with Crippen LogP contribution in [0.5, 0.6) is 0 Å². The van der Waals surface area contributed by atoms with E-state index < -0.39 is 169 Å². The number of hydrogen-bond donors (Lipinski definition) is 0. The average molecular weight is 1410 g/mol. The van der Waals surface area contributed by atoms with Gasteiger partial charge in [0.05, 0.1) is 19.8 Å². The summed E-state index contributed by atoms with van der Waals surface area (Å²) < 4.78 is 350. The standard InChI is InChI=1S/C12H24O38S9.9K/c13-51(14,15)41-2-4-7(46-55(25,26)27)10(49-58(34,35)36)11(50-59(37,38)39)12(43-4)40-1-5(44-53(19,20)21)8(47-56(28,29)30)9(48-57(31,32)33)6(45-54(22,23)24)3-42-52(16,17)18;;;;;;;;;/h4-12H,1-3H2,(H,13,14,15)(H,16,17,18)(H,19,20,21)(H,22,23,24)(H,25,26,27)(H,28,29,30)(H,31,32,33)(H,34,35,36)(H,37,38,39);;;;;;;;;/q;9*+1/p-9/t4-,5-,6-,7-,8-,9-,10+,11-,12-;;;;;;;;;/m1........./s1. The van der Waals surface area contributed by atoms with E-state index in [1.165, 1.54) is 0 Å². The van der Waals surface area contributed by atoms with Crippen molar-refractivity contribution in [3.05, 3.63) is 0 Å². The molecule has 0 amide bonds. The average Bonchev–Trinajstić information content (AvgIpc) is 2.92. The molecular weight excluding hydrogens is 1390 g/mol. The van der Waals surface area contributed by atoms with E-state index in [4.69, 9.17) is 4.74 Å². The molecule has 1 aliphatic heterocycles. The molecule has 9 atom stereocenters. The molecule has 0 bridgehead atoms. The Hall–Kier alpha value is 13.5. The van der Waals surface area contributed by atoms with E-state index in [1.54, 1.807) is 0 Å². The quantitative estimate of drug-likeness (QED) is 0.0441. The fourth-order valence-corrected chi connectivity index (χ4v) is 7.98. The summed E-state index contributed by atoms with van der Waals surface area (Å²) in [7, 11) is -58.4. The van der Waals surface area contributed by atoms with Crippen molar-refractivity contribution >= 4 is 93.6 Å². The van der Waals surface area contributed by atoms with Gasteiger partial charge in [-0.3, -0.25) is 37.6 Å². The van der Waals surface area contributed by atoms with Crippen LogP contribution in [-0.4, -0.2) is 192 Å². The third kappa shape index (κ3) is 51.5. The Balaban J connectivity index is -0.000000553. The van der Waals surface area contributed by atoms with Crippen LogP contribution in [0.2, 0.25) is 0 Å². The summed E-state index contributed by atoms with van der Waals surface area (Å²) in [5.41, 5.74) is 0. The Morgan fingerprint density at radius 2 is 0.647 bits per heavy atom. The fraction of sp³-hybridized carbons (Fsp3) is 1.00. The van der Waals surface area contributed by atoms with Crippen molar-refractivity contribution in [3.63, 3.8) is 0 Å². The zero-order valence-electron chi connectivity index (χ0n) is 35.5. The molecule has 1 fully saturated rings. The number of rotatable bonds is 26. The summed E-state index contributed by atoms with van der Waals surface area (Å²) in [4.78, 5) is 0. The van der Waals surface area contributed by atoms with Crippen molar-refractivity contribution < 1.29 is 626 Å². The van der Waals surface area contributed by atoms with E-state index in [0.29, 0.717) is 0 Å². The van der Waals surface area contributed by atoms with Gasteiger partial charge in [-0.1, -0.05) is 0 Å². The Morgan fingerprint density at radius 3 is 0.941 bits per heavy atom. The van der Waals surface area contributed by atoms with Crippen molar-refractivity contribution in [2.24, 2.45) is 0 Å². The molecule has 0 radical (unpaired) electrons. The molecule has 354 valence electrons. The van der Waals surface area contributed by atoms with Gasteiger partial charge in [0.2, 0.25) is 93.6 Å². The molecule has 68 heavy (non-hydrogen) atoms. The van der Waals surface area contributed by atoms with E-state index in [-0.39, 0.29) is 462 Å². The van der Waals surface area contributed by atoms with Gasteiger partial charge in [-0.15, -0.1) is 0 Å². The topological polar surface area (TPSA) is 616 Å². The minimum absolute atomic E-state index is 0. The monoisotopic (exact) mass is 1410 g/mol. The third-order valence-corrected chi connectivity index (χ3v) is 9.56. The van der Waals surface area contributed by atoms with Crippen molar-refractivity contribution in [2.45, 2.75) is 55.1 Å². The predicted octanol–water partition coefficient (Wildman–Crippen LogP) is -37.4. The summed E-state index contributed by atoms with van der Waals surface area (Å²) in [6, 6.07) is 0. The molecule has 1 rings (SSSR count). The van der Waals surface area contributed by atoms with Crippen molar-refractivity contribution in [1.82, 2.24) is 0 Å². The molecule has 0 saturated carbocycles. The van der Waals surface area contributed by atoms with E-state index in [2.05, 4.69) is 42.4 Å². The van der Waals surface area contributed by atoms with E-state index in [1.807, 2.05) is 0 Å². The van der Waals surface area contributed by atoms with Crippen LogP contribution in [0.25, 0.3) is 0 Å². The molecule has 0 aliphatic carbocycles. The SMILES string of the molecule is O=S(=O)([O-])OC[C@H]1O[C@@H](OC[C@@H](OS(=O)(=O)[O-])[C@@H](OS(=O)(=O)[O-])[C@H](OS(=O)(=O)[O-])[C@@H](COS(=O)(=O)[O-])OS(=O)(=O)[O-])[C@H](OS(=O)(=O)[O-])[C@@H](OS(=O)(=O)[O-])[C@@H]1OS(=O)(=O)[O-].[K+].[K+].[K+].[K+].[K+].[K+].[K+].[K+].[K+]. The minimum atomic E-state index is -6.77. The van der Waals surface area contributed by atoms with Gasteiger partial charge in [0, 0.05) is 0 Å². The molecule has 56 heteroatoms. The normalized spacial score (nSPS) is 21.0. The molecule has 0 aromatic carbocycles. The van der Waals surface area contributed by atoms with Crippen LogP contribution in [0.15, 0.2) is 0 Å². The molecule has 38 nitrogen and oxygen atoms in total. The van der Waals surface area contributed by atoms with Crippen LogP contribution in [0.3, 0.4) is 0 Å². The van der Waals surface area contributed by atoms with Gasteiger partial charge >= 0.3 is 462 Å². The molecule has 0 aromatic heterocycles. The van der Waals surface area contributed by atoms with Crippen LogP contribution < -0.4 is 462 Å². The smallest absolute Gasteiger partial charge is 0.726 e. The Labute approximate surface area is 771 Å². The second-order valence-corrected chi connectivity index (χ2v) is 18.9. The molecule has 1 saturated heterocycles.